The van der Waals surface area contributed by atoms with Crippen LogP contribution in [0.1, 0.15) is 68.9 Å². The van der Waals surface area contributed by atoms with Crippen molar-refractivity contribution in [2.75, 3.05) is 0 Å². The van der Waals surface area contributed by atoms with Gasteiger partial charge in [0.15, 0.2) is 0 Å². The number of hydrogen-bond acceptors (Lipinski definition) is 2. The van der Waals surface area contributed by atoms with Crippen LogP contribution in [0, 0.1) is 23.7 Å². The molecular weight excluding hydrogens is 246 g/mol. The van der Waals surface area contributed by atoms with E-state index in [-0.39, 0.29) is 0 Å². The summed E-state index contributed by atoms with van der Waals surface area (Å²) in [6.07, 6.45) is 12.6. The Hall–Kier alpha value is -0.860. The van der Waals surface area contributed by atoms with Gasteiger partial charge in [0.05, 0.1) is 0 Å². The second-order valence-electron chi connectivity index (χ2n) is 7.89. The second-order valence-corrected chi connectivity index (χ2v) is 7.89. The van der Waals surface area contributed by atoms with Crippen LogP contribution in [-0.2, 0) is 13.0 Å². The van der Waals surface area contributed by atoms with Gasteiger partial charge in [-0.25, -0.2) is 0 Å². The molecule has 1 aromatic rings. The van der Waals surface area contributed by atoms with Gasteiger partial charge in [0.1, 0.15) is 11.6 Å². The van der Waals surface area contributed by atoms with Crippen molar-refractivity contribution in [1.82, 2.24) is 14.8 Å². The molecule has 4 bridgehead atoms. The van der Waals surface area contributed by atoms with Crippen molar-refractivity contribution in [1.29, 1.82) is 0 Å². The molecular formula is C17H25N3. The maximum atomic E-state index is 4.70. The Kier molecular flexibility index (Phi) is 2.54. The lowest BCUT2D eigenvalue weighted by Crippen LogP contribution is -2.44. The molecule has 2 heterocycles. The van der Waals surface area contributed by atoms with Gasteiger partial charge >= 0.3 is 0 Å². The molecule has 6 rings (SSSR count). The van der Waals surface area contributed by atoms with Gasteiger partial charge in [-0.3, -0.25) is 0 Å². The van der Waals surface area contributed by atoms with Crippen LogP contribution < -0.4 is 0 Å². The van der Waals surface area contributed by atoms with E-state index >= 15 is 0 Å². The number of aromatic nitrogens is 3. The molecule has 5 aliphatic rings. The molecule has 4 fully saturated rings. The molecule has 3 nitrogen and oxygen atoms in total. The molecule has 1 aliphatic heterocycles. The van der Waals surface area contributed by atoms with Crippen LogP contribution in [0.3, 0.4) is 0 Å². The molecule has 0 unspecified atom stereocenters. The first-order valence-electron chi connectivity index (χ1n) is 8.80. The summed E-state index contributed by atoms with van der Waals surface area (Å²) in [5, 5.41) is 9.26. The molecule has 0 spiro atoms. The van der Waals surface area contributed by atoms with Crippen molar-refractivity contribution in [3.63, 3.8) is 0 Å². The fourth-order valence-corrected chi connectivity index (χ4v) is 6.10. The van der Waals surface area contributed by atoms with E-state index in [0.29, 0.717) is 0 Å². The van der Waals surface area contributed by atoms with Gasteiger partial charge in [-0.1, -0.05) is 6.42 Å². The van der Waals surface area contributed by atoms with Crippen LogP contribution in [0.15, 0.2) is 0 Å². The monoisotopic (exact) mass is 271 g/mol. The van der Waals surface area contributed by atoms with Crippen LogP contribution in [0.5, 0.6) is 0 Å². The number of fused-ring (bicyclic) bond motifs is 1. The van der Waals surface area contributed by atoms with E-state index in [1.165, 1.54) is 69.6 Å². The third-order valence-corrected chi connectivity index (χ3v) is 6.66. The topological polar surface area (TPSA) is 30.7 Å². The lowest BCUT2D eigenvalue weighted by molar-refractivity contribution is -0.00692. The van der Waals surface area contributed by atoms with Crippen LogP contribution >= 0.6 is 0 Å². The number of aryl methyl sites for hydroxylation is 1. The average molecular weight is 271 g/mol. The molecule has 108 valence electrons. The van der Waals surface area contributed by atoms with Gasteiger partial charge in [-0.15, -0.1) is 10.2 Å². The smallest absolute Gasteiger partial charge is 0.136 e. The molecule has 0 radical (unpaired) electrons. The lowest BCUT2D eigenvalue weighted by atomic mass is 9.51. The quantitative estimate of drug-likeness (QED) is 0.782. The van der Waals surface area contributed by atoms with E-state index in [1.807, 2.05) is 0 Å². The summed E-state index contributed by atoms with van der Waals surface area (Å²) in [6.45, 7) is 1.18. The predicted molar refractivity (Wildman–Crippen MR) is 77.4 cm³/mol. The van der Waals surface area contributed by atoms with Crippen molar-refractivity contribution in [2.45, 2.75) is 70.3 Å². The molecule has 0 aromatic carbocycles. The van der Waals surface area contributed by atoms with E-state index in [2.05, 4.69) is 9.67 Å². The third kappa shape index (κ3) is 1.64. The third-order valence-electron chi connectivity index (χ3n) is 6.66. The Morgan fingerprint density at radius 2 is 1.55 bits per heavy atom. The van der Waals surface area contributed by atoms with Crippen molar-refractivity contribution in [2.24, 2.45) is 23.7 Å². The highest BCUT2D eigenvalue weighted by molar-refractivity contribution is 5.13. The molecule has 4 aliphatic carbocycles. The lowest BCUT2D eigenvalue weighted by Gasteiger charge is -2.54. The van der Waals surface area contributed by atoms with Crippen molar-refractivity contribution in [3.8, 4) is 0 Å². The molecule has 0 amide bonds. The van der Waals surface area contributed by atoms with Crippen LogP contribution in [-0.4, -0.2) is 14.8 Å². The van der Waals surface area contributed by atoms with Crippen molar-refractivity contribution in [3.05, 3.63) is 11.6 Å². The van der Waals surface area contributed by atoms with Gasteiger partial charge < -0.3 is 4.57 Å². The summed E-state index contributed by atoms with van der Waals surface area (Å²) in [4.78, 5) is 0. The molecule has 3 heteroatoms. The first kappa shape index (κ1) is 11.8. The number of rotatable bonds is 1. The van der Waals surface area contributed by atoms with Crippen molar-refractivity contribution < 1.29 is 0 Å². The fraction of sp³-hybridized carbons (Fsp3) is 0.882. The minimum atomic E-state index is 0.752. The summed E-state index contributed by atoms with van der Waals surface area (Å²) in [6, 6.07) is 0. The van der Waals surface area contributed by atoms with E-state index in [0.717, 1.165) is 36.0 Å². The SMILES string of the molecule is C1CCc2nnc(C3C4CC5CC(C4)CC3C5)n2CC1. The highest BCUT2D eigenvalue weighted by Gasteiger charge is 2.50. The highest BCUT2D eigenvalue weighted by Crippen LogP contribution is 2.59. The largest absolute Gasteiger partial charge is 0.315 e. The van der Waals surface area contributed by atoms with Crippen LogP contribution in [0.4, 0.5) is 0 Å². The Balaban J connectivity index is 1.52. The first-order chi connectivity index (χ1) is 9.88. The maximum Gasteiger partial charge on any atom is 0.136 e. The molecule has 20 heavy (non-hydrogen) atoms. The normalized spacial score (nSPS) is 42.5. The number of nitrogens with zero attached hydrogens (tertiary/aromatic N) is 3. The fourth-order valence-electron chi connectivity index (χ4n) is 6.10. The van der Waals surface area contributed by atoms with Gasteiger partial charge in [0, 0.05) is 18.9 Å². The molecule has 0 atom stereocenters. The summed E-state index contributed by atoms with van der Waals surface area (Å²) >= 11 is 0. The zero-order valence-electron chi connectivity index (χ0n) is 12.3. The molecule has 1 aromatic heterocycles. The van der Waals surface area contributed by atoms with E-state index in [9.17, 15) is 0 Å². The Morgan fingerprint density at radius 1 is 0.800 bits per heavy atom. The first-order valence-corrected chi connectivity index (χ1v) is 8.80. The molecule has 0 N–H and O–H groups in total. The Morgan fingerprint density at radius 3 is 2.30 bits per heavy atom. The van der Waals surface area contributed by atoms with E-state index in [1.54, 1.807) is 0 Å². The molecule has 4 saturated carbocycles. The van der Waals surface area contributed by atoms with Crippen LogP contribution in [0.25, 0.3) is 0 Å². The number of hydrogen-bond donors (Lipinski definition) is 0. The van der Waals surface area contributed by atoms with Gasteiger partial charge in [-0.05, 0) is 68.6 Å². The van der Waals surface area contributed by atoms with Gasteiger partial charge in [0.2, 0.25) is 0 Å². The minimum Gasteiger partial charge on any atom is -0.315 e. The predicted octanol–water partition coefficient (Wildman–Crippen LogP) is 3.54. The van der Waals surface area contributed by atoms with E-state index in [4.69, 9.17) is 5.10 Å². The van der Waals surface area contributed by atoms with Gasteiger partial charge in [-0.2, -0.15) is 0 Å². The molecule has 0 saturated heterocycles. The zero-order valence-corrected chi connectivity index (χ0v) is 12.3. The average Bonchev–Trinajstić information content (AvgIpc) is 2.67. The van der Waals surface area contributed by atoms with E-state index < -0.39 is 0 Å². The van der Waals surface area contributed by atoms with Crippen LogP contribution in [0.2, 0.25) is 0 Å². The Bertz CT molecular complexity index is 490. The summed E-state index contributed by atoms with van der Waals surface area (Å²) in [5.41, 5.74) is 0. The zero-order chi connectivity index (χ0) is 13.1. The standard InChI is InChI=1S/C17H25N3/c1-2-4-15-18-19-17(20(15)5-3-1)16-13-7-11-6-12(9-13)10-14(16)8-11/h11-14,16H,1-10H2. The summed E-state index contributed by atoms with van der Waals surface area (Å²) < 4.78 is 2.53. The van der Waals surface area contributed by atoms with Crippen molar-refractivity contribution >= 4 is 0 Å². The second kappa shape index (κ2) is 4.32. The summed E-state index contributed by atoms with van der Waals surface area (Å²) in [5.74, 6) is 7.40. The Labute approximate surface area is 121 Å². The highest BCUT2D eigenvalue weighted by atomic mass is 15.3. The maximum absolute atomic E-state index is 4.70. The summed E-state index contributed by atoms with van der Waals surface area (Å²) in [7, 11) is 0. The van der Waals surface area contributed by atoms with Gasteiger partial charge in [0.25, 0.3) is 0 Å². The minimum absolute atomic E-state index is 0.752.